The van der Waals surface area contributed by atoms with Gasteiger partial charge in [-0.2, -0.15) is 0 Å². The van der Waals surface area contributed by atoms with Gasteiger partial charge < -0.3 is 24.4 Å². The van der Waals surface area contributed by atoms with Crippen molar-refractivity contribution in [2.75, 3.05) is 6.61 Å². The predicted molar refractivity (Wildman–Crippen MR) is 88.6 cm³/mol. The lowest BCUT2D eigenvalue weighted by molar-refractivity contribution is -0.420. The second-order valence-corrected chi connectivity index (χ2v) is 10.1. The Hall–Kier alpha value is -0.460. The van der Waals surface area contributed by atoms with Gasteiger partial charge in [-0.25, -0.2) is 0 Å². The second-order valence-electron chi connectivity index (χ2n) is 10.1. The minimum absolute atomic E-state index is 0.0399. The van der Waals surface area contributed by atoms with Gasteiger partial charge in [0.25, 0.3) is 0 Å². The van der Waals surface area contributed by atoms with Crippen LogP contribution in [0.5, 0.6) is 0 Å². The standard InChI is InChI=1S/C20H28O5/c1-16(2)13-11-6-5-7-18-15(24-17(3,4)25-18)20(22)10(9-21)8-12(23-16)14(13)19(11,18)20/h8,11-15,21-22H,5-7,9H2,1-4H3/t11-,12+,13-,14-,15-,18+,19+,20+/m1/s1. The Balaban J connectivity index is 1.62. The van der Waals surface area contributed by atoms with Crippen molar-refractivity contribution in [3.63, 3.8) is 0 Å². The van der Waals surface area contributed by atoms with E-state index in [4.69, 9.17) is 14.2 Å². The van der Waals surface area contributed by atoms with Crippen LogP contribution >= 0.6 is 0 Å². The van der Waals surface area contributed by atoms with E-state index < -0.39 is 17.0 Å². The molecule has 2 aliphatic heterocycles. The van der Waals surface area contributed by atoms with E-state index in [9.17, 15) is 10.2 Å². The van der Waals surface area contributed by atoms with E-state index in [2.05, 4.69) is 13.8 Å². The Morgan fingerprint density at radius 3 is 2.64 bits per heavy atom. The molecule has 0 aromatic heterocycles. The van der Waals surface area contributed by atoms with Gasteiger partial charge in [-0.05, 0) is 57.9 Å². The van der Waals surface area contributed by atoms with Gasteiger partial charge in [-0.1, -0.05) is 12.5 Å². The minimum Gasteiger partial charge on any atom is -0.392 e. The van der Waals surface area contributed by atoms with Gasteiger partial charge in [0.2, 0.25) is 0 Å². The van der Waals surface area contributed by atoms with Crippen molar-refractivity contribution in [3.05, 3.63) is 11.6 Å². The largest absolute Gasteiger partial charge is 0.392 e. The smallest absolute Gasteiger partial charge is 0.164 e. The number of rotatable bonds is 1. The molecule has 2 spiro atoms. The first kappa shape index (κ1) is 15.6. The van der Waals surface area contributed by atoms with Gasteiger partial charge >= 0.3 is 0 Å². The molecule has 8 atom stereocenters. The number of aliphatic hydroxyl groups is 2. The van der Waals surface area contributed by atoms with E-state index in [1.165, 1.54) is 0 Å². The molecule has 6 aliphatic rings. The number of ether oxygens (including phenoxy) is 3. The summed E-state index contributed by atoms with van der Waals surface area (Å²) >= 11 is 0. The molecule has 0 radical (unpaired) electrons. The molecule has 4 aliphatic carbocycles. The second kappa shape index (κ2) is 3.88. The summed E-state index contributed by atoms with van der Waals surface area (Å²) in [6.45, 7) is 8.10. The molecular formula is C20H28O5. The molecule has 3 saturated carbocycles. The monoisotopic (exact) mass is 348 g/mol. The van der Waals surface area contributed by atoms with Gasteiger partial charge in [0.05, 0.1) is 18.3 Å². The van der Waals surface area contributed by atoms with Crippen LogP contribution in [0, 0.1) is 23.2 Å². The summed E-state index contributed by atoms with van der Waals surface area (Å²) in [7, 11) is 0. The molecule has 0 aromatic carbocycles. The van der Waals surface area contributed by atoms with Crippen molar-refractivity contribution in [1.82, 2.24) is 0 Å². The van der Waals surface area contributed by atoms with Crippen LogP contribution in [-0.4, -0.2) is 51.6 Å². The molecule has 2 saturated heterocycles. The molecule has 6 rings (SSSR count). The SMILES string of the molecule is CC1(C)O[C@@H]2[C@]3(CCC[C@@H]4[C@@H]5[C@H]6[C@H](C=C(CO)[C@@]2(O)[C@]643)OC5(C)C)O1. The molecule has 138 valence electrons. The van der Waals surface area contributed by atoms with Crippen LogP contribution in [-0.2, 0) is 14.2 Å². The maximum atomic E-state index is 12.0. The third-order valence-corrected chi connectivity index (χ3v) is 8.58. The Morgan fingerprint density at radius 1 is 1.16 bits per heavy atom. The summed E-state index contributed by atoms with van der Waals surface area (Å²) in [4.78, 5) is 0. The summed E-state index contributed by atoms with van der Waals surface area (Å²) in [6.07, 6.45) is 4.68. The Morgan fingerprint density at radius 2 is 1.92 bits per heavy atom. The highest BCUT2D eigenvalue weighted by molar-refractivity contribution is 5.53. The molecule has 0 aromatic rings. The zero-order valence-electron chi connectivity index (χ0n) is 15.4. The van der Waals surface area contributed by atoms with Crippen molar-refractivity contribution in [2.24, 2.45) is 23.2 Å². The normalized spacial score (nSPS) is 61.4. The molecule has 0 unspecified atom stereocenters. The summed E-state index contributed by atoms with van der Waals surface area (Å²) in [6, 6.07) is 0. The third-order valence-electron chi connectivity index (χ3n) is 8.58. The number of fused-ring (bicyclic) bond motifs is 2. The van der Waals surface area contributed by atoms with E-state index in [1.54, 1.807) is 0 Å². The molecule has 25 heavy (non-hydrogen) atoms. The first-order valence-electron chi connectivity index (χ1n) is 9.76. The average molecular weight is 348 g/mol. The lowest BCUT2D eigenvalue weighted by Crippen LogP contribution is -2.95. The van der Waals surface area contributed by atoms with Gasteiger partial charge in [-0.15, -0.1) is 0 Å². The van der Waals surface area contributed by atoms with Crippen LogP contribution in [0.2, 0.25) is 0 Å². The van der Waals surface area contributed by atoms with Gasteiger partial charge in [0, 0.05) is 11.3 Å². The van der Waals surface area contributed by atoms with Gasteiger partial charge in [0.1, 0.15) is 17.3 Å². The van der Waals surface area contributed by atoms with E-state index in [0.29, 0.717) is 17.4 Å². The molecule has 2 heterocycles. The molecular weight excluding hydrogens is 320 g/mol. The number of hydrogen-bond donors (Lipinski definition) is 2. The maximum Gasteiger partial charge on any atom is 0.164 e. The van der Waals surface area contributed by atoms with E-state index >= 15 is 0 Å². The van der Waals surface area contributed by atoms with Crippen LogP contribution in [0.3, 0.4) is 0 Å². The molecule has 5 heteroatoms. The van der Waals surface area contributed by atoms with Gasteiger partial charge in [0.15, 0.2) is 5.79 Å². The average Bonchev–Trinajstić information content (AvgIpc) is 2.87. The molecule has 5 fully saturated rings. The lowest BCUT2D eigenvalue weighted by atomic mass is 9.22. The number of aliphatic hydroxyl groups excluding tert-OH is 1. The summed E-state index contributed by atoms with van der Waals surface area (Å²) in [5, 5.41) is 22.1. The Bertz CT molecular complexity index is 713. The maximum absolute atomic E-state index is 12.0. The van der Waals surface area contributed by atoms with Crippen molar-refractivity contribution in [2.45, 2.75) is 81.8 Å². The van der Waals surface area contributed by atoms with Crippen molar-refractivity contribution in [3.8, 4) is 0 Å². The number of hydrogen-bond acceptors (Lipinski definition) is 5. The third kappa shape index (κ3) is 1.22. The molecule has 0 bridgehead atoms. The van der Waals surface area contributed by atoms with Crippen molar-refractivity contribution < 1.29 is 24.4 Å². The van der Waals surface area contributed by atoms with Crippen molar-refractivity contribution in [1.29, 1.82) is 0 Å². The van der Waals surface area contributed by atoms with Crippen molar-refractivity contribution >= 4 is 0 Å². The zero-order valence-corrected chi connectivity index (χ0v) is 15.4. The van der Waals surface area contributed by atoms with E-state index in [0.717, 1.165) is 19.3 Å². The Kier molecular flexibility index (Phi) is 2.42. The summed E-state index contributed by atoms with van der Waals surface area (Å²) in [5.41, 5.74) is -1.45. The highest BCUT2D eigenvalue weighted by Crippen LogP contribution is 2.87. The van der Waals surface area contributed by atoms with Crippen LogP contribution in [0.25, 0.3) is 0 Å². The quantitative estimate of drug-likeness (QED) is 0.707. The first-order valence-corrected chi connectivity index (χ1v) is 9.76. The van der Waals surface area contributed by atoms with Crippen LogP contribution < -0.4 is 0 Å². The molecule has 0 amide bonds. The van der Waals surface area contributed by atoms with Crippen LogP contribution in [0.15, 0.2) is 11.6 Å². The van der Waals surface area contributed by atoms with Gasteiger partial charge in [-0.3, -0.25) is 0 Å². The first-order chi connectivity index (χ1) is 11.7. The fourth-order valence-electron chi connectivity index (χ4n) is 8.49. The fraction of sp³-hybridized carbons (Fsp3) is 0.900. The van der Waals surface area contributed by atoms with Crippen LogP contribution in [0.4, 0.5) is 0 Å². The Labute approximate surface area is 148 Å². The topological polar surface area (TPSA) is 68.2 Å². The highest BCUT2D eigenvalue weighted by atomic mass is 16.8. The fourth-order valence-corrected chi connectivity index (χ4v) is 8.49. The van der Waals surface area contributed by atoms with E-state index in [1.807, 2.05) is 19.9 Å². The predicted octanol–water partition coefficient (Wildman–Crippen LogP) is 1.76. The van der Waals surface area contributed by atoms with E-state index in [-0.39, 0.29) is 35.7 Å². The molecule has 5 nitrogen and oxygen atoms in total. The molecule has 2 N–H and O–H groups in total. The zero-order chi connectivity index (χ0) is 17.6. The highest BCUT2D eigenvalue weighted by Gasteiger charge is 2.97. The summed E-state index contributed by atoms with van der Waals surface area (Å²) in [5.74, 6) is 0.345. The summed E-state index contributed by atoms with van der Waals surface area (Å²) < 4.78 is 19.3. The lowest BCUT2D eigenvalue weighted by Gasteiger charge is -2.83. The van der Waals surface area contributed by atoms with Crippen LogP contribution in [0.1, 0.15) is 47.0 Å². The minimum atomic E-state index is -1.12.